The van der Waals surface area contributed by atoms with Gasteiger partial charge in [0.05, 0.1) is 7.11 Å². The number of ether oxygens (including phenoxy) is 1. The standard InChI is InChI=1S/C12H14FNO2/c1-14(2)7-6-11(15)9-4-5-10(13)12(8-9)16-3/h4-8H,1-3H3/b7-6+. The molecule has 0 N–H and O–H groups in total. The highest BCUT2D eigenvalue weighted by atomic mass is 19.1. The second-order valence-electron chi connectivity index (χ2n) is 3.49. The summed E-state index contributed by atoms with van der Waals surface area (Å²) in [6, 6.07) is 4.04. The smallest absolute Gasteiger partial charge is 0.187 e. The molecule has 0 spiro atoms. The summed E-state index contributed by atoms with van der Waals surface area (Å²) in [5, 5.41) is 0. The van der Waals surface area contributed by atoms with Crippen molar-refractivity contribution in [2.24, 2.45) is 0 Å². The van der Waals surface area contributed by atoms with Crippen molar-refractivity contribution in [1.82, 2.24) is 4.90 Å². The Balaban J connectivity index is 2.92. The number of carbonyl (C=O) groups excluding carboxylic acids is 1. The van der Waals surface area contributed by atoms with Crippen molar-refractivity contribution in [1.29, 1.82) is 0 Å². The maximum absolute atomic E-state index is 13.1. The third-order valence-corrected chi connectivity index (χ3v) is 1.96. The molecule has 0 bridgehead atoms. The molecule has 4 heteroatoms. The lowest BCUT2D eigenvalue weighted by atomic mass is 10.1. The average Bonchev–Trinajstić information content (AvgIpc) is 2.26. The molecule has 0 aliphatic heterocycles. The Morgan fingerprint density at radius 2 is 2.12 bits per heavy atom. The normalized spacial score (nSPS) is 10.5. The molecule has 86 valence electrons. The summed E-state index contributed by atoms with van der Waals surface area (Å²) in [6.07, 6.45) is 3.06. The highest BCUT2D eigenvalue weighted by molar-refractivity contribution is 6.04. The Morgan fingerprint density at radius 3 is 2.69 bits per heavy atom. The van der Waals surface area contributed by atoms with Gasteiger partial charge in [0, 0.05) is 31.9 Å². The molecule has 16 heavy (non-hydrogen) atoms. The van der Waals surface area contributed by atoms with Crippen LogP contribution in [0.4, 0.5) is 4.39 Å². The van der Waals surface area contributed by atoms with Crippen molar-refractivity contribution in [3.63, 3.8) is 0 Å². The van der Waals surface area contributed by atoms with Crippen LogP contribution < -0.4 is 4.74 Å². The van der Waals surface area contributed by atoms with E-state index in [0.717, 1.165) is 0 Å². The number of nitrogens with zero attached hydrogens (tertiary/aromatic N) is 1. The quantitative estimate of drug-likeness (QED) is 0.578. The highest BCUT2D eigenvalue weighted by Gasteiger charge is 2.07. The summed E-state index contributed by atoms with van der Waals surface area (Å²) in [5.74, 6) is -0.591. The molecule has 0 saturated carbocycles. The van der Waals surface area contributed by atoms with Crippen LogP contribution in [0.25, 0.3) is 0 Å². The van der Waals surface area contributed by atoms with E-state index in [1.807, 2.05) is 14.1 Å². The molecule has 0 atom stereocenters. The number of rotatable bonds is 4. The zero-order valence-electron chi connectivity index (χ0n) is 9.53. The van der Waals surface area contributed by atoms with Crippen LogP contribution in [-0.4, -0.2) is 31.9 Å². The van der Waals surface area contributed by atoms with Gasteiger partial charge in [0.2, 0.25) is 0 Å². The van der Waals surface area contributed by atoms with Gasteiger partial charge in [-0.2, -0.15) is 0 Å². The number of hydrogen-bond acceptors (Lipinski definition) is 3. The van der Waals surface area contributed by atoms with Gasteiger partial charge in [0.15, 0.2) is 17.3 Å². The van der Waals surface area contributed by atoms with E-state index in [-0.39, 0.29) is 11.5 Å². The maximum Gasteiger partial charge on any atom is 0.187 e. The second kappa shape index (κ2) is 5.30. The van der Waals surface area contributed by atoms with Gasteiger partial charge >= 0.3 is 0 Å². The first-order valence-electron chi connectivity index (χ1n) is 4.77. The van der Waals surface area contributed by atoms with Gasteiger partial charge in [-0.15, -0.1) is 0 Å². The van der Waals surface area contributed by atoms with Crippen LogP contribution in [0.3, 0.4) is 0 Å². The first-order valence-corrected chi connectivity index (χ1v) is 4.77. The monoisotopic (exact) mass is 223 g/mol. The van der Waals surface area contributed by atoms with Gasteiger partial charge in [0.25, 0.3) is 0 Å². The molecular weight excluding hydrogens is 209 g/mol. The minimum absolute atomic E-state index is 0.0732. The number of halogens is 1. The molecule has 0 radical (unpaired) electrons. The van der Waals surface area contributed by atoms with Crippen LogP contribution in [0.2, 0.25) is 0 Å². The number of carbonyl (C=O) groups is 1. The van der Waals surface area contributed by atoms with E-state index in [4.69, 9.17) is 4.74 Å². The molecule has 1 aromatic carbocycles. The van der Waals surface area contributed by atoms with Crippen molar-refractivity contribution in [2.45, 2.75) is 0 Å². The fourth-order valence-corrected chi connectivity index (χ4v) is 1.13. The molecule has 0 amide bonds. The summed E-state index contributed by atoms with van der Waals surface area (Å²) >= 11 is 0. The molecule has 3 nitrogen and oxygen atoms in total. The van der Waals surface area contributed by atoms with Crippen molar-refractivity contribution in [3.05, 3.63) is 41.9 Å². The largest absolute Gasteiger partial charge is 0.494 e. The van der Waals surface area contributed by atoms with E-state index in [2.05, 4.69) is 0 Å². The molecule has 1 aromatic rings. The van der Waals surface area contributed by atoms with Gasteiger partial charge in [-0.05, 0) is 18.2 Å². The lowest BCUT2D eigenvalue weighted by Gasteiger charge is -2.05. The summed E-state index contributed by atoms with van der Waals surface area (Å²) in [4.78, 5) is 13.4. The molecule has 0 saturated heterocycles. The van der Waals surface area contributed by atoms with Gasteiger partial charge in [-0.1, -0.05) is 0 Å². The number of hydrogen-bond donors (Lipinski definition) is 0. The lowest BCUT2D eigenvalue weighted by Crippen LogP contribution is -2.03. The Hall–Kier alpha value is -1.84. The van der Waals surface area contributed by atoms with Crippen molar-refractivity contribution in [2.75, 3.05) is 21.2 Å². The fraction of sp³-hybridized carbons (Fsp3) is 0.250. The summed E-state index contributed by atoms with van der Waals surface area (Å²) in [6.45, 7) is 0. The maximum atomic E-state index is 13.1. The van der Waals surface area contributed by atoms with Crippen LogP contribution >= 0.6 is 0 Å². The first-order chi connectivity index (χ1) is 7.54. The summed E-state index contributed by atoms with van der Waals surface area (Å²) < 4.78 is 17.9. The van der Waals surface area contributed by atoms with E-state index in [1.165, 1.54) is 31.4 Å². The van der Waals surface area contributed by atoms with Crippen LogP contribution in [0, 0.1) is 5.82 Å². The second-order valence-corrected chi connectivity index (χ2v) is 3.49. The Labute approximate surface area is 94.1 Å². The summed E-state index contributed by atoms with van der Waals surface area (Å²) in [7, 11) is 4.99. The van der Waals surface area contributed by atoms with Crippen LogP contribution in [0.5, 0.6) is 5.75 Å². The Morgan fingerprint density at radius 1 is 1.44 bits per heavy atom. The van der Waals surface area contributed by atoms with Crippen molar-refractivity contribution in [3.8, 4) is 5.75 Å². The fourth-order valence-electron chi connectivity index (χ4n) is 1.13. The third-order valence-electron chi connectivity index (χ3n) is 1.96. The molecule has 1 rings (SSSR count). The zero-order valence-corrected chi connectivity index (χ0v) is 9.53. The molecule has 0 unspecified atom stereocenters. The molecule has 0 heterocycles. The Kier molecular flexibility index (Phi) is 4.05. The van der Waals surface area contributed by atoms with Gasteiger partial charge in [0.1, 0.15) is 0 Å². The van der Waals surface area contributed by atoms with Crippen LogP contribution in [0.1, 0.15) is 10.4 Å². The van der Waals surface area contributed by atoms with E-state index in [1.54, 1.807) is 11.1 Å². The highest BCUT2D eigenvalue weighted by Crippen LogP contribution is 2.18. The van der Waals surface area contributed by atoms with Gasteiger partial charge in [-0.25, -0.2) is 4.39 Å². The zero-order chi connectivity index (χ0) is 12.1. The minimum atomic E-state index is -0.476. The van der Waals surface area contributed by atoms with E-state index >= 15 is 0 Å². The van der Waals surface area contributed by atoms with Gasteiger partial charge in [-0.3, -0.25) is 4.79 Å². The SMILES string of the molecule is COc1cc(C(=O)/C=C/N(C)C)ccc1F. The van der Waals surface area contributed by atoms with E-state index < -0.39 is 5.82 Å². The van der Waals surface area contributed by atoms with E-state index in [9.17, 15) is 9.18 Å². The van der Waals surface area contributed by atoms with Crippen molar-refractivity contribution < 1.29 is 13.9 Å². The van der Waals surface area contributed by atoms with Crippen molar-refractivity contribution >= 4 is 5.78 Å². The first kappa shape index (κ1) is 12.2. The minimum Gasteiger partial charge on any atom is -0.494 e. The number of allylic oxidation sites excluding steroid dienone is 1. The molecule has 0 aromatic heterocycles. The predicted molar refractivity (Wildman–Crippen MR) is 60.1 cm³/mol. The molecular formula is C12H14FNO2. The number of ketones is 1. The molecule has 0 aliphatic rings. The molecule has 0 fully saturated rings. The third kappa shape index (κ3) is 3.08. The number of benzene rings is 1. The van der Waals surface area contributed by atoms with Gasteiger partial charge < -0.3 is 9.64 Å². The number of methoxy groups -OCH3 is 1. The van der Waals surface area contributed by atoms with E-state index in [0.29, 0.717) is 5.56 Å². The average molecular weight is 223 g/mol. The van der Waals surface area contributed by atoms with Crippen LogP contribution in [0.15, 0.2) is 30.5 Å². The molecule has 0 aliphatic carbocycles. The van der Waals surface area contributed by atoms with Crippen LogP contribution in [-0.2, 0) is 0 Å². The predicted octanol–water partition coefficient (Wildman–Crippen LogP) is 2.09. The topological polar surface area (TPSA) is 29.5 Å². The summed E-state index contributed by atoms with van der Waals surface area (Å²) in [5.41, 5.74) is 0.399. The lowest BCUT2D eigenvalue weighted by molar-refractivity contribution is 0.104. The Bertz CT molecular complexity index is 413.